The fourth-order valence-electron chi connectivity index (χ4n) is 1.94. The molecule has 4 heteroatoms. The van der Waals surface area contributed by atoms with Crippen LogP contribution < -0.4 is 0 Å². The van der Waals surface area contributed by atoms with E-state index in [1.807, 2.05) is 18.2 Å². The summed E-state index contributed by atoms with van der Waals surface area (Å²) in [5, 5.41) is 10.7. The van der Waals surface area contributed by atoms with Crippen LogP contribution in [0.2, 0.25) is 5.02 Å². The van der Waals surface area contributed by atoms with Gasteiger partial charge in [0, 0.05) is 22.3 Å². The number of hydrogen-bond acceptors (Lipinski definition) is 1. The van der Waals surface area contributed by atoms with Crippen LogP contribution in [0.25, 0.3) is 0 Å². The minimum absolute atomic E-state index is 0.260. The molecule has 0 heterocycles. The van der Waals surface area contributed by atoms with Gasteiger partial charge in [-0.05, 0) is 35.4 Å². The van der Waals surface area contributed by atoms with Crippen molar-refractivity contribution in [2.45, 2.75) is 18.9 Å². The summed E-state index contributed by atoms with van der Waals surface area (Å²) in [7, 11) is 0. The van der Waals surface area contributed by atoms with Gasteiger partial charge in [-0.2, -0.15) is 0 Å². The minimum atomic E-state index is -0.663. The van der Waals surface area contributed by atoms with Gasteiger partial charge in [0.15, 0.2) is 0 Å². The Morgan fingerprint density at radius 2 is 1.79 bits per heavy atom. The molecule has 2 rings (SSSR count). The van der Waals surface area contributed by atoms with E-state index >= 15 is 0 Å². The third-order valence-corrected chi connectivity index (χ3v) is 3.74. The standard InChI is InChI=1S/C15H13BrClFO/c16-12-5-6-15(18)11(7-12)9-13(19)8-10-3-1-2-4-14(10)17/h1-7,13,19H,8-9H2. The predicted octanol–water partition coefficient (Wildman–Crippen LogP) is 4.39. The summed E-state index contributed by atoms with van der Waals surface area (Å²) in [6.07, 6.45) is 0.00553. The third-order valence-electron chi connectivity index (χ3n) is 2.88. The molecule has 2 aromatic rings. The number of aliphatic hydroxyl groups is 1. The predicted molar refractivity (Wildman–Crippen MR) is 79.0 cm³/mol. The maximum Gasteiger partial charge on any atom is 0.126 e. The summed E-state index contributed by atoms with van der Waals surface area (Å²) in [4.78, 5) is 0. The Morgan fingerprint density at radius 3 is 2.53 bits per heavy atom. The van der Waals surface area contributed by atoms with E-state index in [9.17, 15) is 9.50 Å². The van der Waals surface area contributed by atoms with E-state index < -0.39 is 6.10 Å². The Balaban J connectivity index is 2.07. The van der Waals surface area contributed by atoms with Crippen molar-refractivity contribution >= 4 is 27.5 Å². The minimum Gasteiger partial charge on any atom is -0.392 e. The van der Waals surface area contributed by atoms with E-state index in [1.54, 1.807) is 18.2 Å². The summed E-state index contributed by atoms with van der Waals surface area (Å²) < 4.78 is 14.4. The van der Waals surface area contributed by atoms with Crippen LogP contribution in [0, 0.1) is 5.82 Å². The highest BCUT2D eigenvalue weighted by atomic mass is 79.9. The molecule has 0 aliphatic heterocycles. The summed E-state index contributed by atoms with van der Waals surface area (Å²) in [6.45, 7) is 0. The molecule has 0 bridgehead atoms. The lowest BCUT2D eigenvalue weighted by Gasteiger charge is -2.12. The molecule has 1 nitrogen and oxygen atoms in total. The number of benzene rings is 2. The summed E-state index contributed by atoms with van der Waals surface area (Å²) in [5.74, 6) is -0.304. The van der Waals surface area contributed by atoms with Gasteiger partial charge in [0.25, 0.3) is 0 Å². The molecule has 0 saturated heterocycles. The van der Waals surface area contributed by atoms with Crippen LogP contribution in [0.3, 0.4) is 0 Å². The van der Waals surface area contributed by atoms with E-state index in [0.717, 1.165) is 10.0 Å². The number of halogens is 3. The zero-order valence-electron chi connectivity index (χ0n) is 10.1. The van der Waals surface area contributed by atoms with Gasteiger partial charge >= 0.3 is 0 Å². The molecular formula is C15H13BrClFO. The number of aliphatic hydroxyl groups excluding tert-OH is 1. The van der Waals surface area contributed by atoms with Crippen LogP contribution in [0.1, 0.15) is 11.1 Å². The first kappa shape index (κ1) is 14.5. The Hall–Kier alpha value is -0.900. The largest absolute Gasteiger partial charge is 0.392 e. The third kappa shape index (κ3) is 4.03. The lowest BCUT2D eigenvalue weighted by molar-refractivity contribution is 0.174. The second kappa shape index (κ2) is 6.51. The molecule has 0 spiro atoms. The average molecular weight is 344 g/mol. The van der Waals surface area contributed by atoms with E-state index in [1.165, 1.54) is 6.07 Å². The summed E-state index contributed by atoms with van der Waals surface area (Å²) >= 11 is 9.33. The van der Waals surface area contributed by atoms with Crippen molar-refractivity contribution in [1.82, 2.24) is 0 Å². The van der Waals surface area contributed by atoms with Crippen LogP contribution in [-0.2, 0) is 12.8 Å². The molecule has 0 saturated carbocycles. The molecule has 100 valence electrons. The molecule has 0 aliphatic carbocycles. The monoisotopic (exact) mass is 342 g/mol. The lowest BCUT2D eigenvalue weighted by Crippen LogP contribution is -2.15. The molecule has 1 N–H and O–H groups in total. The van der Waals surface area contributed by atoms with Crippen molar-refractivity contribution < 1.29 is 9.50 Å². The quantitative estimate of drug-likeness (QED) is 0.873. The average Bonchev–Trinajstić information content (AvgIpc) is 2.37. The van der Waals surface area contributed by atoms with E-state index in [4.69, 9.17) is 11.6 Å². The SMILES string of the molecule is OC(Cc1cc(Br)ccc1F)Cc1ccccc1Cl. The molecule has 19 heavy (non-hydrogen) atoms. The Morgan fingerprint density at radius 1 is 1.11 bits per heavy atom. The van der Waals surface area contributed by atoms with Gasteiger partial charge < -0.3 is 5.11 Å². The van der Waals surface area contributed by atoms with Gasteiger partial charge in [0.05, 0.1) is 6.10 Å². The lowest BCUT2D eigenvalue weighted by atomic mass is 10.0. The molecule has 0 aliphatic rings. The highest BCUT2D eigenvalue weighted by Crippen LogP contribution is 2.20. The Kier molecular flexibility index (Phi) is 4.97. The van der Waals surface area contributed by atoms with E-state index in [-0.39, 0.29) is 12.2 Å². The van der Waals surface area contributed by atoms with Gasteiger partial charge in [-0.1, -0.05) is 45.7 Å². The Labute approximate surface area is 125 Å². The first-order valence-electron chi connectivity index (χ1n) is 5.91. The van der Waals surface area contributed by atoms with Gasteiger partial charge in [-0.15, -0.1) is 0 Å². The van der Waals surface area contributed by atoms with E-state index in [2.05, 4.69) is 15.9 Å². The summed E-state index contributed by atoms with van der Waals surface area (Å²) in [6, 6.07) is 12.1. The van der Waals surface area contributed by atoms with Crippen molar-refractivity contribution in [2.24, 2.45) is 0 Å². The van der Waals surface area contributed by atoms with E-state index in [0.29, 0.717) is 17.0 Å². The maximum absolute atomic E-state index is 13.6. The van der Waals surface area contributed by atoms with Crippen molar-refractivity contribution in [1.29, 1.82) is 0 Å². The van der Waals surface area contributed by atoms with Crippen molar-refractivity contribution in [3.8, 4) is 0 Å². The summed E-state index contributed by atoms with van der Waals surface area (Å²) in [5.41, 5.74) is 1.36. The molecule has 0 fully saturated rings. The van der Waals surface area contributed by atoms with Crippen LogP contribution in [0.5, 0.6) is 0 Å². The van der Waals surface area contributed by atoms with Gasteiger partial charge in [-0.3, -0.25) is 0 Å². The number of rotatable bonds is 4. The molecular weight excluding hydrogens is 331 g/mol. The normalized spacial score (nSPS) is 12.4. The Bertz CT molecular complexity index is 574. The molecule has 1 atom stereocenters. The maximum atomic E-state index is 13.6. The molecule has 0 aromatic heterocycles. The molecule has 1 unspecified atom stereocenters. The first-order chi connectivity index (χ1) is 9.06. The van der Waals surface area contributed by atoms with Crippen LogP contribution >= 0.6 is 27.5 Å². The van der Waals surface area contributed by atoms with Crippen molar-refractivity contribution in [3.05, 3.63) is 68.9 Å². The topological polar surface area (TPSA) is 20.2 Å². The highest BCUT2D eigenvalue weighted by Gasteiger charge is 2.12. The van der Waals surface area contributed by atoms with Gasteiger partial charge in [0.2, 0.25) is 0 Å². The second-order valence-corrected chi connectivity index (χ2v) is 5.71. The zero-order valence-corrected chi connectivity index (χ0v) is 12.5. The van der Waals surface area contributed by atoms with Crippen LogP contribution in [-0.4, -0.2) is 11.2 Å². The van der Waals surface area contributed by atoms with Gasteiger partial charge in [-0.25, -0.2) is 4.39 Å². The van der Waals surface area contributed by atoms with Gasteiger partial charge in [0.1, 0.15) is 5.82 Å². The van der Waals surface area contributed by atoms with Crippen molar-refractivity contribution in [2.75, 3.05) is 0 Å². The fraction of sp³-hybridized carbons (Fsp3) is 0.200. The highest BCUT2D eigenvalue weighted by molar-refractivity contribution is 9.10. The first-order valence-corrected chi connectivity index (χ1v) is 7.09. The zero-order chi connectivity index (χ0) is 13.8. The van der Waals surface area contributed by atoms with Crippen LogP contribution in [0.15, 0.2) is 46.9 Å². The van der Waals surface area contributed by atoms with Crippen LogP contribution in [0.4, 0.5) is 4.39 Å². The number of hydrogen-bond donors (Lipinski definition) is 1. The fourth-order valence-corrected chi connectivity index (χ4v) is 2.56. The molecule has 2 aromatic carbocycles. The smallest absolute Gasteiger partial charge is 0.126 e. The van der Waals surface area contributed by atoms with Crippen molar-refractivity contribution in [3.63, 3.8) is 0 Å². The second-order valence-electron chi connectivity index (χ2n) is 4.39. The molecule has 0 amide bonds. The molecule has 0 radical (unpaired) electrons.